The topological polar surface area (TPSA) is 67.6 Å². The third-order valence-electron chi connectivity index (χ3n) is 6.25. The zero-order valence-corrected chi connectivity index (χ0v) is 18.7. The predicted octanol–water partition coefficient (Wildman–Crippen LogP) is 5.10. The quantitative estimate of drug-likeness (QED) is 0.548. The molecule has 1 aromatic heterocycles. The molecule has 1 N–H and O–H groups in total. The summed E-state index contributed by atoms with van der Waals surface area (Å²) in [5.41, 5.74) is -0.619. The number of hydrogen-bond donors (Lipinski definition) is 1. The molecule has 180 valence electrons. The summed E-state index contributed by atoms with van der Waals surface area (Å²) in [5.74, 6) is -1.42. The number of carboxylic acids is 1. The number of aromatic carboxylic acids is 1. The van der Waals surface area contributed by atoms with E-state index in [1.54, 1.807) is 0 Å². The second kappa shape index (κ2) is 9.13. The maximum absolute atomic E-state index is 14.2. The molecule has 33 heavy (non-hydrogen) atoms. The summed E-state index contributed by atoms with van der Waals surface area (Å²) in [5, 5.41) is 12.7. The van der Waals surface area contributed by atoms with Crippen LogP contribution in [0.5, 0.6) is 5.75 Å². The molecule has 0 bridgehead atoms. The minimum absolute atomic E-state index is 0.0211. The van der Waals surface area contributed by atoms with Crippen LogP contribution in [0, 0.1) is 11.7 Å². The molecule has 1 saturated heterocycles. The van der Waals surface area contributed by atoms with Crippen molar-refractivity contribution in [2.45, 2.75) is 44.3 Å². The zero-order chi connectivity index (χ0) is 23.9. The smallest absolute Gasteiger partial charge is 0.435 e. The van der Waals surface area contributed by atoms with Crippen molar-refractivity contribution in [2.75, 3.05) is 19.7 Å². The zero-order valence-electron chi connectivity index (χ0n) is 18.0. The molecule has 0 spiro atoms. The SMILES string of the molecule is Cn1nc(C(F)(F)F)c(CN2CCC(COc3cc(F)c(C(=O)O)cc3C3CC3)CC2)c1Cl. The number of carboxylic acid groups (broad SMARTS) is 1. The summed E-state index contributed by atoms with van der Waals surface area (Å²) in [4.78, 5) is 13.1. The number of hydrogen-bond acceptors (Lipinski definition) is 4. The average molecular weight is 490 g/mol. The molecule has 2 aliphatic rings. The summed E-state index contributed by atoms with van der Waals surface area (Å²) in [6.45, 7) is 1.53. The molecule has 1 saturated carbocycles. The van der Waals surface area contributed by atoms with Crippen molar-refractivity contribution < 1.29 is 32.2 Å². The molecule has 6 nitrogen and oxygen atoms in total. The highest BCUT2D eigenvalue weighted by Crippen LogP contribution is 2.45. The number of likely N-dealkylation sites (tertiary alicyclic amines) is 1. The van der Waals surface area contributed by atoms with E-state index < -0.39 is 23.7 Å². The van der Waals surface area contributed by atoms with Gasteiger partial charge in [0.15, 0.2) is 5.69 Å². The molecule has 0 radical (unpaired) electrons. The van der Waals surface area contributed by atoms with E-state index in [0.29, 0.717) is 38.3 Å². The maximum atomic E-state index is 14.2. The average Bonchev–Trinajstić information content (AvgIpc) is 3.54. The lowest BCUT2D eigenvalue weighted by Gasteiger charge is -2.32. The van der Waals surface area contributed by atoms with E-state index in [4.69, 9.17) is 21.4 Å². The molecule has 1 aliphatic carbocycles. The highest BCUT2D eigenvalue weighted by molar-refractivity contribution is 6.30. The number of aryl methyl sites for hydroxylation is 1. The summed E-state index contributed by atoms with van der Waals surface area (Å²) in [6, 6.07) is 2.51. The van der Waals surface area contributed by atoms with Crippen LogP contribution < -0.4 is 4.74 Å². The molecule has 1 aromatic carbocycles. The number of benzene rings is 1. The molecule has 0 unspecified atom stereocenters. The number of ether oxygens (including phenoxy) is 1. The van der Waals surface area contributed by atoms with Crippen LogP contribution >= 0.6 is 11.6 Å². The molecule has 1 aliphatic heterocycles. The highest BCUT2D eigenvalue weighted by Gasteiger charge is 2.39. The van der Waals surface area contributed by atoms with Gasteiger partial charge in [-0.2, -0.15) is 18.3 Å². The summed E-state index contributed by atoms with van der Waals surface area (Å²) < 4.78 is 61.0. The predicted molar refractivity (Wildman–Crippen MR) is 112 cm³/mol. The first-order chi connectivity index (χ1) is 15.5. The molecule has 11 heteroatoms. The molecule has 4 rings (SSSR count). The van der Waals surface area contributed by atoms with Crippen molar-refractivity contribution in [3.8, 4) is 5.75 Å². The number of piperidine rings is 1. The summed E-state index contributed by atoms with van der Waals surface area (Å²) in [6.07, 6.45) is -1.34. The monoisotopic (exact) mass is 489 g/mol. The van der Waals surface area contributed by atoms with Crippen molar-refractivity contribution in [3.05, 3.63) is 45.5 Å². The minimum atomic E-state index is -4.57. The van der Waals surface area contributed by atoms with Gasteiger partial charge in [0.25, 0.3) is 0 Å². The number of halogens is 5. The lowest BCUT2D eigenvalue weighted by molar-refractivity contribution is -0.142. The van der Waals surface area contributed by atoms with Gasteiger partial charge in [-0.15, -0.1) is 0 Å². The standard InChI is InChI=1S/C22H24ClF4N3O3/c1-29-20(23)16(19(28-29)22(25,26)27)10-30-6-4-12(5-7-30)11-33-18-9-17(24)15(21(31)32)8-14(18)13-2-3-13/h8-9,12-13H,2-7,10-11H2,1H3,(H,31,32). The van der Waals surface area contributed by atoms with Gasteiger partial charge >= 0.3 is 12.1 Å². The lowest BCUT2D eigenvalue weighted by atomic mass is 9.97. The van der Waals surface area contributed by atoms with Gasteiger partial charge in [-0.05, 0) is 62.2 Å². The van der Waals surface area contributed by atoms with Crippen molar-refractivity contribution >= 4 is 17.6 Å². The Bertz CT molecular complexity index is 1040. The lowest BCUT2D eigenvalue weighted by Crippen LogP contribution is -2.35. The van der Waals surface area contributed by atoms with Crippen LogP contribution in [0.1, 0.15) is 58.8 Å². The fraction of sp³-hybridized carbons (Fsp3) is 0.545. The highest BCUT2D eigenvalue weighted by atomic mass is 35.5. The normalized spacial score (nSPS) is 18.0. The number of carbonyl (C=O) groups is 1. The molecule has 2 fully saturated rings. The minimum Gasteiger partial charge on any atom is -0.493 e. The van der Waals surface area contributed by atoms with Crippen LogP contribution in [0.25, 0.3) is 0 Å². The first-order valence-electron chi connectivity index (χ1n) is 10.7. The second-order valence-electron chi connectivity index (χ2n) is 8.72. The van der Waals surface area contributed by atoms with E-state index in [0.717, 1.165) is 29.2 Å². The van der Waals surface area contributed by atoms with Gasteiger partial charge in [0.2, 0.25) is 0 Å². The van der Waals surface area contributed by atoms with Crippen LogP contribution in [0.2, 0.25) is 5.15 Å². The molecule has 0 amide bonds. The summed E-state index contributed by atoms with van der Waals surface area (Å²) >= 11 is 6.06. The van der Waals surface area contributed by atoms with E-state index >= 15 is 0 Å². The Balaban J connectivity index is 1.36. The Morgan fingerprint density at radius 3 is 2.48 bits per heavy atom. The van der Waals surface area contributed by atoms with Crippen molar-refractivity contribution in [1.29, 1.82) is 0 Å². The van der Waals surface area contributed by atoms with Gasteiger partial charge in [-0.25, -0.2) is 9.18 Å². The maximum Gasteiger partial charge on any atom is 0.435 e. The first kappa shape index (κ1) is 23.8. The van der Waals surface area contributed by atoms with E-state index in [2.05, 4.69) is 5.10 Å². The van der Waals surface area contributed by atoms with Crippen LogP contribution in [-0.2, 0) is 19.8 Å². The van der Waals surface area contributed by atoms with E-state index in [9.17, 15) is 22.4 Å². The van der Waals surface area contributed by atoms with Crippen LogP contribution in [0.3, 0.4) is 0 Å². The van der Waals surface area contributed by atoms with Crippen LogP contribution in [0.4, 0.5) is 17.6 Å². The number of alkyl halides is 3. The molecule has 2 heterocycles. The molecule has 0 atom stereocenters. The van der Waals surface area contributed by atoms with Crippen molar-refractivity contribution in [2.24, 2.45) is 13.0 Å². The summed E-state index contributed by atoms with van der Waals surface area (Å²) in [7, 11) is 1.38. The Morgan fingerprint density at radius 2 is 1.91 bits per heavy atom. The van der Waals surface area contributed by atoms with Crippen molar-refractivity contribution in [3.63, 3.8) is 0 Å². The molecular formula is C22H24ClF4N3O3. The van der Waals surface area contributed by atoms with Gasteiger partial charge in [0.05, 0.1) is 12.2 Å². The van der Waals surface area contributed by atoms with Gasteiger partial charge in [0, 0.05) is 25.2 Å². The first-order valence-corrected chi connectivity index (χ1v) is 11.1. The number of rotatable bonds is 7. The third-order valence-corrected chi connectivity index (χ3v) is 6.72. The largest absolute Gasteiger partial charge is 0.493 e. The van der Waals surface area contributed by atoms with Crippen molar-refractivity contribution in [1.82, 2.24) is 14.7 Å². The second-order valence-corrected chi connectivity index (χ2v) is 9.08. The Kier molecular flexibility index (Phi) is 6.59. The fourth-order valence-corrected chi connectivity index (χ4v) is 4.42. The van der Waals surface area contributed by atoms with E-state index in [1.807, 2.05) is 4.90 Å². The number of nitrogens with zero attached hydrogens (tertiary/aromatic N) is 3. The van der Waals surface area contributed by atoms with Gasteiger partial charge in [-0.1, -0.05) is 11.6 Å². The Hall–Kier alpha value is -2.33. The molecule has 2 aromatic rings. The van der Waals surface area contributed by atoms with E-state index in [-0.39, 0.29) is 34.7 Å². The van der Waals surface area contributed by atoms with Gasteiger partial charge < -0.3 is 9.84 Å². The van der Waals surface area contributed by atoms with Crippen LogP contribution in [0.15, 0.2) is 12.1 Å². The Labute approximate surface area is 193 Å². The Morgan fingerprint density at radius 1 is 1.24 bits per heavy atom. The van der Waals surface area contributed by atoms with Gasteiger partial charge in [0.1, 0.15) is 16.7 Å². The fourth-order valence-electron chi connectivity index (χ4n) is 4.23. The van der Waals surface area contributed by atoms with Gasteiger partial charge in [-0.3, -0.25) is 9.58 Å². The van der Waals surface area contributed by atoms with Crippen LogP contribution in [-0.4, -0.2) is 45.5 Å². The third kappa shape index (κ3) is 5.27. The molecular weight excluding hydrogens is 466 g/mol. The van der Waals surface area contributed by atoms with E-state index in [1.165, 1.54) is 13.1 Å². The number of aromatic nitrogens is 2.